The van der Waals surface area contributed by atoms with Crippen LogP contribution in [0.1, 0.15) is 52.9 Å². The lowest BCUT2D eigenvalue weighted by atomic mass is 10.2. The lowest BCUT2D eigenvalue weighted by molar-refractivity contribution is 0.0600. The zero-order valence-corrected chi connectivity index (χ0v) is 15.3. The fraction of sp³-hybridized carbons (Fsp3) is 0.368. The van der Waals surface area contributed by atoms with Crippen LogP contribution >= 0.6 is 0 Å². The van der Waals surface area contributed by atoms with Gasteiger partial charge >= 0.3 is 5.97 Å². The number of hydrogen-bond acceptors (Lipinski definition) is 6. The smallest absolute Gasteiger partial charge is 0.337 e. The number of unbranched alkanes of at least 4 members (excludes halogenated alkanes) is 2. The Morgan fingerprint density at radius 2 is 1.85 bits per heavy atom. The minimum Gasteiger partial charge on any atom is -0.465 e. The number of esters is 1. The molecular weight excluding hydrogens is 332 g/mol. The third-order valence-corrected chi connectivity index (χ3v) is 3.71. The van der Waals surface area contributed by atoms with Crippen LogP contribution in [-0.2, 0) is 4.74 Å². The average Bonchev–Trinajstić information content (AvgIpc) is 2.64. The summed E-state index contributed by atoms with van der Waals surface area (Å²) in [6.07, 6.45) is 3.13. The quantitative estimate of drug-likeness (QED) is 0.557. The highest BCUT2D eigenvalue weighted by molar-refractivity contribution is 5.93. The molecule has 0 fully saturated rings. The van der Waals surface area contributed by atoms with Gasteiger partial charge in [0.1, 0.15) is 17.3 Å². The Morgan fingerprint density at radius 1 is 1.12 bits per heavy atom. The molecule has 0 radical (unpaired) electrons. The molecule has 1 amide bonds. The van der Waals surface area contributed by atoms with E-state index in [0.717, 1.165) is 24.9 Å². The number of carbonyl (C=O) groups is 2. The van der Waals surface area contributed by atoms with Gasteiger partial charge in [-0.05, 0) is 37.6 Å². The molecule has 0 spiro atoms. The molecule has 0 atom stereocenters. The number of aromatic nitrogens is 2. The molecule has 2 aromatic rings. The van der Waals surface area contributed by atoms with E-state index >= 15 is 0 Å². The number of ether oxygens (including phenoxy) is 1. The maximum absolute atomic E-state index is 12.2. The van der Waals surface area contributed by atoms with Crippen molar-refractivity contribution >= 4 is 23.4 Å². The number of aryl methyl sites for hydroxylation is 1. The highest BCUT2D eigenvalue weighted by atomic mass is 16.5. The van der Waals surface area contributed by atoms with Crippen LogP contribution in [0.5, 0.6) is 0 Å². The molecule has 26 heavy (non-hydrogen) atoms. The first-order valence-electron chi connectivity index (χ1n) is 8.62. The normalized spacial score (nSPS) is 10.3. The highest BCUT2D eigenvalue weighted by Crippen LogP contribution is 2.17. The van der Waals surface area contributed by atoms with Gasteiger partial charge in [-0.1, -0.05) is 19.8 Å². The van der Waals surface area contributed by atoms with Crippen LogP contribution in [0.2, 0.25) is 0 Å². The zero-order valence-electron chi connectivity index (χ0n) is 15.3. The number of anilines is 2. The number of nitrogens with zero attached hydrogens (tertiary/aromatic N) is 2. The predicted molar refractivity (Wildman–Crippen MR) is 99.7 cm³/mol. The number of rotatable bonds is 8. The third kappa shape index (κ3) is 5.54. The summed E-state index contributed by atoms with van der Waals surface area (Å²) < 4.78 is 4.68. The first-order chi connectivity index (χ1) is 12.5. The Bertz CT molecular complexity index is 760. The van der Waals surface area contributed by atoms with Gasteiger partial charge in [-0.2, -0.15) is 0 Å². The number of amides is 1. The van der Waals surface area contributed by atoms with Gasteiger partial charge in [0, 0.05) is 18.3 Å². The predicted octanol–water partition coefficient (Wildman–Crippen LogP) is 3.24. The monoisotopic (exact) mass is 356 g/mol. The van der Waals surface area contributed by atoms with Crippen molar-refractivity contribution in [3.05, 3.63) is 47.4 Å². The van der Waals surface area contributed by atoms with Gasteiger partial charge in [0.15, 0.2) is 0 Å². The second-order valence-electron chi connectivity index (χ2n) is 5.84. The van der Waals surface area contributed by atoms with E-state index in [4.69, 9.17) is 0 Å². The molecule has 2 rings (SSSR count). The van der Waals surface area contributed by atoms with Crippen LogP contribution < -0.4 is 10.6 Å². The highest BCUT2D eigenvalue weighted by Gasteiger charge is 2.11. The molecule has 138 valence electrons. The molecule has 0 aliphatic rings. The zero-order chi connectivity index (χ0) is 18.9. The van der Waals surface area contributed by atoms with Crippen molar-refractivity contribution in [3.63, 3.8) is 0 Å². The van der Waals surface area contributed by atoms with E-state index in [1.54, 1.807) is 37.3 Å². The van der Waals surface area contributed by atoms with Crippen molar-refractivity contribution in [2.24, 2.45) is 0 Å². The number of hydrogen-bond donors (Lipinski definition) is 2. The van der Waals surface area contributed by atoms with Crippen LogP contribution in [0.3, 0.4) is 0 Å². The van der Waals surface area contributed by atoms with E-state index in [0.29, 0.717) is 29.4 Å². The van der Waals surface area contributed by atoms with Crippen LogP contribution in [0.25, 0.3) is 0 Å². The van der Waals surface area contributed by atoms with Crippen molar-refractivity contribution in [2.45, 2.75) is 33.1 Å². The van der Waals surface area contributed by atoms with E-state index in [-0.39, 0.29) is 5.91 Å². The molecule has 7 heteroatoms. The molecule has 0 saturated heterocycles. The molecule has 0 saturated carbocycles. The standard InChI is InChI=1S/C19H24N4O3/c1-4-5-6-11-20-18(24)16-12-17(22-13(2)21-16)23-15-9-7-14(8-10-15)19(25)26-3/h7-10,12H,4-6,11H2,1-3H3,(H,20,24)(H,21,22,23). The van der Waals surface area contributed by atoms with Gasteiger partial charge < -0.3 is 15.4 Å². The number of nitrogens with one attached hydrogen (secondary N) is 2. The second kappa shape index (κ2) is 9.50. The van der Waals surface area contributed by atoms with Gasteiger partial charge in [-0.15, -0.1) is 0 Å². The van der Waals surface area contributed by atoms with E-state index in [1.807, 2.05) is 0 Å². The Kier molecular flexibility index (Phi) is 7.08. The van der Waals surface area contributed by atoms with Gasteiger partial charge in [0.2, 0.25) is 0 Å². The van der Waals surface area contributed by atoms with Gasteiger partial charge in [0.05, 0.1) is 12.7 Å². The SMILES string of the molecule is CCCCCNC(=O)c1cc(Nc2ccc(C(=O)OC)cc2)nc(C)n1. The van der Waals surface area contributed by atoms with Crippen LogP contribution in [0, 0.1) is 6.92 Å². The molecule has 1 heterocycles. The lowest BCUT2D eigenvalue weighted by Gasteiger charge is -2.09. The van der Waals surface area contributed by atoms with Crippen molar-refractivity contribution in [1.29, 1.82) is 0 Å². The maximum Gasteiger partial charge on any atom is 0.337 e. The maximum atomic E-state index is 12.2. The Labute approximate surface area is 153 Å². The minimum atomic E-state index is -0.392. The molecule has 0 aliphatic carbocycles. The summed E-state index contributed by atoms with van der Waals surface area (Å²) in [5, 5.41) is 5.99. The van der Waals surface area contributed by atoms with Crippen LogP contribution in [0.4, 0.5) is 11.5 Å². The van der Waals surface area contributed by atoms with E-state index in [9.17, 15) is 9.59 Å². The average molecular weight is 356 g/mol. The Hall–Kier alpha value is -2.96. The van der Waals surface area contributed by atoms with Crippen LogP contribution in [0.15, 0.2) is 30.3 Å². The molecule has 0 aliphatic heterocycles. The van der Waals surface area contributed by atoms with Crippen molar-refractivity contribution in [1.82, 2.24) is 15.3 Å². The fourth-order valence-corrected chi connectivity index (χ4v) is 2.37. The summed E-state index contributed by atoms with van der Waals surface area (Å²) in [5.41, 5.74) is 1.52. The molecular formula is C19H24N4O3. The summed E-state index contributed by atoms with van der Waals surface area (Å²) in [6, 6.07) is 8.41. The summed E-state index contributed by atoms with van der Waals surface area (Å²) >= 11 is 0. The van der Waals surface area contributed by atoms with Crippen LogP contribution in [-0.4, -0.2) is 35.5 Å². The molecule has 0 unspecified atom stereocenters. The summed E-state index contributed by atoms with van der Waals surface area (Å²) in [7, 11) is 1.34. The molecule has 0 bridgehead atoms. The molecule has 1 aromatic carbocycles. The summed E-state index contributed by atoms with van der Waals surface area (Å²) in [4.78, 5) is 32.2. The molecule has 7 nitrogen and oxygen atoms in total. The topological polar surface area (TPSA) is 93.2 Å². The summed E-state index contributed by atoms with van der Waals surface area (Å²) in [5.74, 6) is 0.411. The molecule has 1 aromatic heterocycles. The molecule has 2 N–H and O–H groups in total. The first kappa shape index (κ1) is 19.4. The second-order valence-corrected chi connectivity index (χ2v) is 5.84. The largest absolute Gasteiger partial charge is 0.465 e. The van der Waals surface area contributed by atoms with Crippen molar-refractivity contribution < 1.29 is 14.3 Å². The fourth-order valence-electron chi connectivity index (χ4n) is 2.37. The van der Waals surface area contributed by atoms with E-state index < -0.39 is 5.97 Å². The Morgan fingerprint density at radius 3 is 2.50 bits per heavy atom. The lowest BCUT2D eigenvalue weighted by Crippen LogP contribution is -2.25. The first-order valence-corrected chi connectivity index (χ1v) is 8.62. The summed E-state index contributed by atoms with van der Waals surface area (Å²) in [6.45, 7) is 4.48. The Balaban J connectivity index is 2.06. The van der Waals surface area contributed by atoms with E-state index in [2.05, 4.69) is 32.3 Å². The minimum absolute atomic E-state index is 0.212. The number of methoxy groups -OCH3 is 1. The van der Waals surface area contributed by atoms with E-state index in [1.165, 1.54) is 7.11 Å². The number of benzene rings is 1. The van der Waals surface area contributed by atoms with Gasteiger partial charge in [-0.3, -0.25) is 4.79 Å². The van der Waals surface area contributed by atoms with Gasteiger partial charge in [-0.25, -0.2) is 14.8 Å². The third-order valence-electron chi connectivity index (χ3n) is 3.71. The number of carbonyl (C=O) groups excluding carboxylic acids is 2. The van der Waals surface area contributed by atoms with Gasteiger partial charge in [0.25, 0.3) is 5.91 Å². The van der Waals surface area contributed by atoms with Crippen molar-refractivity contribution in [2.75, 3.05) is 19.0 Å². The van der Waals surface area contributed by atoms with Crippen molar-refractivity contribution in [3.8, 4) is 0 Å².